The first-order valence-corrected chi connectivity index (χ1v) is 9.27. The van der Waals surface area contributed by atoms with Crippen LogP contribution in [0.5, 0.6) is 0 Å². The number of nitriles is 1. The normalized spacial score (nSPS) is 13.2. The Morgan fingerprint density at radius 3 is 2.19 bits per heavy atom. The third kappa shape index (κ3) is 9.39. The van der Waals surface area contributed by atoms with E-state index in [0.717, 1.165) is 12.1 Å². The Bertz CT molecular complexity index is 955. The summed E-state index contributed by atoms with van der Waals surface area (Å²) in [5.74, 6) is -0.975. The quantitative estimate of drug-likeness (QED) is 0.196. The molecule has 1 aromatic rings. The summed E-state index contributed by atoms with van der Waals surface area (Å²) in [5, 5.41) is 8.83. The van der Waals surface area contributed by atoms with Crippen molar-refractivity contribution in [2.75, 3.05) is 0 Å². The summed E-state index contributed by atoms with van der Waals surface area (Å²) in [7, 11) is 0. The summed E-state index contributed by atoms with van der Waals surface area (Å²) < 4.78 is 63.1. The lowest BCUT2D eigenvalue weighted by Crippen LogP contribution is -2.18. The van der Waals surface area contributed by atoms with Gasteiger partial charge in [0, 0.05) is 11.8 Å². The summed E-state index contributed by atoms with van der Waals surface area (Å²) in [4.78, 5) is 3.88. The Balaban J connectivity index is 0.000000743. The predicted molar refractivity (Wildman–Crippen MR) is 115 cm³/mol. The van der Waals surface area contributed by atoms with Gasteiger partial charge in [-0.05, 0) is 50.5 Å². The van der Waals surface area contributed by atoms with Crippen molar-refractivity contribution in [3.05, 3.63) is 95.3 Å². The molecule has 0 fully saturated rings. The van der Waals surface area contributed by atoms with Crippen LogP contribution >= 0.6 is 0 Å². The van der Waals surface area contributed by atoms with E-state index in [1.165, 1.54) is 38.1 Å². The number of hydrogen-bond acceptors (Lipinski definition) is 2. The van der Waals surface area contributed by atoms with Gasteiger partial charge in [0.1, 0.15) is 11.6 Å². The molecular weight excluding hydrogens is 411 g/mol. The van der Waals surface area contributed by atoms with E-state index < -0.39 is 23.4 Å². The van der Waals surface area contributed by atoms with E-state index in [4.69, 9.17) is 5.26 Å². The average molecular weight is 436 g/mol. The van der Waals surface area contributed by atoms with Gasteiger partial charge < -0.3 is 0 Å². The molecule has 0 aliphatic rings. The van der Waals surface area contributed by atoms with Gasteiger partial charge in [0.25, 0.3) is 0 Å². The van der Waals surface area contributed by atoms with Gasteiger partial charge in [-0.1, -0.05) is 44.4 Å². The molecule has 0 N–H and O–H groups in total. The van der Waals surface area contributed by atoms with Gasteiger partial charge in [0.05, 0.1) is 22.9 Å². The van der Waals surface area contributed by atoms with Gasteiger partial charge in [-0.25, -0.2) is 8.78 Å². The summed E-state index contributed by atoms with van der Waals surface area (Å²) >= 11 is 0. The van der Waals surface area contributed by atoms with Crippen LogP contribution in [0.3, 0.4) is 0 Å². The first kappa shape index (κ1) is 27.7. The Morgan fingerprint density at radius 1 is 1.19 bits per heavy atom. The Morgan fingerprint density at radius 2 is 1.81 bits per heavy atom. The molecule has 0 amide bonds. The highest BCUT2D eigenvalue weighted by Gasteiger charge is 2.34. The maximum atomic E-state index is 12.8. The van der Waals surface area contributed by atoms with Crippen LogP contribution in [0.2, 0.25) is 0 Å². The van der Waals surface area contributed by atoms with E-state index in [1.807, 2.05) is 13.0 Å². The lowest BCUT2D eigenvalue weighted by molar-refractivity contribution is -0.0862. The molecule has 0 aromatic heterocycles. The standard InChI is InChI=1S/C16H17F3N2.C8H8F2/c1-6-13(10-20)9-14(7-2)11(4)21-12(5)15(8-3)16(17,18)19;1-2-6-3-4-7(9)5-8(6)10/h6-9H,1,4H2,2-3,5H3;3-5H,2H2,1H3/b13-9+,14-7+,15-8+,21-12?;. The summed E-state index contributed by atoms with van der Waals surface area (Å²) in [6.07, 6.45) is 1.53. The molecule has 1 aromatic carbocycles. The second-order valence-electron chi connectivity index (χ2n) is 6.09. The highest BCUT2D eigenvalue weighted by atomic mass is 19.4. The third-order valence-corrected chi connectivity index (χ3v) is 3.99. The molecule has 0 atom stereocenters. The van der Waals surface area contributed by atoms with Crippen molar-refractivity contribution in [2.24, 2.45) is 4.99 Å². The maximum absolute atomic E-state index is 12.8. The van der Waals surface area contributed by atoms with Crippen molar-refractivity contribution in [1.29, 1.82) is 5.26 Å². The van der Waals surface area contributed by atoms with Crippen molar-refractivity contribution in [3.8, 4) is 6.07 Å². The molecule has 0 radical (unpaired) electrons. The third-order valence-electron chi connectivity index (χ3n) is 3.99. The molecule has 0 spiro atoms. The van der Waals surface area contributed by atoms with Crippen LogP contribution in [-0.2, 0) is 6.42 Å². The number of nitrogens with zero attached hydrogens (tertiary/aromatic N) is 2. The minimum Gasteiger partial charge on any atom is -0.253 e. The summed E-state index contributed by atoms with van der Waals surface area (Å²) in [6.45, 7) is 13.2. The zero-order valence-corrected chi connectivity index (χ0v) is 17.9. The van der Waals surface area contributed by atoms with Crippen molar-refractivity contribution in [2.45, 2.75) is 40.3 Å². The van der Waals surface area contributed by atoms with Gasteiger partial charge in [-0.2, -0.15) is 18.4 Å². The van der Waals surface area contributed by atoms with E-state index in [2.05, 4.69) is 18.2 Å². The highest BCUT2D eigenvalue weighted by molar-refractivity contribution is 6.00. The minimum absolute atomic E-state index is 0.146. The Hall–Kier alpha value is -3.27. The number of benzene rings is 1. The summed E-state index contributed by atoms with van der Waals surface area (Å²) in [6, 6.07) is 5.53. The molecule has 1 rings (SSSR count). The SMILES string of the molecule is C=C/C(C#N)=C\C(=C/C)C(=C)N=C(C)/C(=C\C)C(F)(F)F.CCc1ccc(F)cc1F. The molecule has 0 aliphatic carbocycles. The van der Waals surface area contributed by atoms with E-state index in [-0.39, 0.29) is 17.0 Å². The highest BCUT2D eigenvalue weighted by Crippen LogP contribution is 2.27. The fourth-order valence-electron chi connectivity index (χ4n) is 2.35. The molecule has 2 nitrogen and oxygen atoms in total. The fourth-order valence-corrected chi connectivity index (χ4v) is 2.35. The average Bonchev–Trinajstić information content (AvgIpc) is 2.68. The lowest BCUT2D eigenvalue weighted by Gasteiger charge is -2.11. The van der Waals surface area contributed by atoms with Crippen molar-refractivity contribution in [3.63, 3.8) is 0 Å². The van der Waals surface area contributed by atoms with Crippen molar-refractivity contribution in [1.82, 2.24) is 0 Å². The molecule has 0 unspecified atom stereocenters. The second-order valence-corrected chi connectivity index (χ2v) is 6.09. The van der Waals surface area contributed by atoms with Gasteiger partial charge in [0.2, 0.25) is 0 Å². The molecule has 0 aliphatic heterocycles. The van der Waals surface area contributed by atoms with Gasteiger partial charge >= 0.3 is 6.18 Å². The number of hydrogen-bond donors (Lipinski definition) is 0. The van der Waals surface area contributed by atoms with E-state index >= 15 is 0 Å². The minimum atomic E-state index is -4.46. The monoisotopic (exact) mass is 436 g/mol. The largest absolute Gasteiger partial charge is 0.417 e. The van der Waals surface area contributed by atoms with Crippen LogP contribution in [0.25, 0.3) is 0 Å². The molecule has 0 heterocycles. The van der Waals surface area contributed by atoms with Gasteiger partial charge in [-0.3, -0.25) is 4.99 Å². The maximum Gasteiger partial charge on any atom is 0.417 e. The zero-order chi connectivity index (χ0) is 24.2. The molecular formula is C24H25F5N2. The first-order valence-electron chi connectivity index (χ1n) is 9.27. The lowest BCUT2D eigenvalue weighted by atomic mass is 10.1. The Labute approximate surface area is 180 Å². The fraction of sp³-hybridized carbons (Fsp3) is 0.250. The van der Waals surface area contributed by atoms with Crippen LogP contribution in [0.1, 0.15) is 33.3 Å². The van der Waals surface area contributed by atoms with Crippen LogP contribution < -0.4 is 0 Å². The number of rotatable bonds is 6. The van der Waals surface area contributed by atoms with Gasteiger partial charge in [-0.15, -0.1) is 0 Å². The number of aryl methyl sites for hydroxylation is 1. The number of alkyl halides is 3. The first-order chi connectivity index (χ1) is 14.4. The molecule has 0 saturated heterocycles. The van der Waals surface area contributed by atoms with E-state index in [0.29, 0.717) is 17.6 Å². The molecule has 31 heavy (non-hydrogen) atoms. The Kier molecular flexibility index (Phi) is 11.7. The number of halogens is 5. The van der Waals surface area contributed by atoms with Crippen LogP contribution in [0, 0.1) is 23.0 Å². The van der Waals surface area contributed by atoms with Crippen LogP contribution in [0.15, 0.2) is 83.1 Å². The zero-order valence-electron chi connectivity index (χ0n) is 17.9. The van der Waals surface area contributed by atoms with Gasteiger partial charge in [0.15, 0.2) is 0 Å². The molecule has 0 saturated carbocycles. The van der Waals surface area contributed by atoms with Crippen LogP contribution in [-0.4, -0.2) is 11.9 Å². The topological polar surface area (TPSA) is 36.1 Å². The smallest absolute Gasteiger partial charge is 0.253 e. The van der Waals surface area contributed by atoms with Crippen molar-refractivity contribution >= 4 is 5.71 Å². The molecule has 7 heteroatoms. The van der Waals surface area contributed by atoms with Crippen molar-refractivity contribution < 1.29 is 22.0 Å². The molecule has 0 bridgehead atoms. The molecule has 166 valence electrons. The number of aliphatic imine (C=N–C) groups is 1. The van der Waals surface area contributed by atoms with E-state index in [1.54, 1.807) is 13.0 Å². The van der Waals surface area contributed by atoms with Crippen LogP contribution in [0.4, 0.5) is 22.0 Å². The van der Waals surface area contributed by atoms with E-state index in [9.17, 15) is 22.0 Å². The predicted octanol–water partition coefficient (Wildman–Crippen LogP) is 7.58. The summed E-state index contributed by atoms with van der Waals surface area (Å²) in [5.41, 5.74) is 0.448. The second kappa shape index (κ2) is 13.1. The number of allylic oxidation sites excluding steroid dienone is 6.